The Balaban J connectivity index is 2.03. The summed E-state index contributed by atoms with van der Waals surface area (Å²) in [6.45, 7) is 6.12. The molecule has 1 aliphatic heterocycles. The van der Waals surface area contributed by atoms with E-state index in [4.69, 9.17) is 4.74 Å². The van der Waals surface area contributed by atoms with Crippen LogP contribution in [0.25, 0.3) is 10.9 Å². The van der Waals surface area contributed by atoms with E-state index in [2.05, 4.69) is 4.98 Å². The summed E-state index contributed by atoms with van der Waals surface area (Å²) in [5, 5.41) is 0.537. The SMILES string of the molecule is CC(C)[C@@H](C(=O)N1CCOCC1)n1cnc2ccccc2c1=O. The lowest BCUT2D eigenvalue weighted by atomic mass is 10.0. The lowest BCUT2D eigenvalue weighted by molar-refractivity contribution is -0.140. The second-order valence-corrected chi connectivity index (χ2v) is 6.10. The van der Waals surface area contributed by atoms with Crippen LogP contribution >= 0.6 is 0 Å². The number of nitrogens with zero attached hydrogens (tertiary/aromatic N) is 3. The van der Waals surface area contributed by atoms with Crippen molar-refractivity contribution >= 4 is 16.8 Å². The van der Waals surface area contributed by atoms with Gasteiger partial charge in [-0.05, 0) is 18.1 Å². The zero-order valence-electron chi connectivity index (χ0n) is 13.4. The molecule has 2 aromatic rings. The molecule has 1 amide bonds. The van der Waals surface area contributed by atoms with E-state index < -0.39 is 6.04 Å². The first-order valence-electron chi connectivity index (χ1n) is 7.92. The zero-order valence-corrected chi connectivity index (χ0v) is 13.4. The minimum atomic E-state index is -0.544. The van der Waals surface area contributed by atoms with E-state index in [9.17, 15) is 9.59 Å². The molecule has 0 N–H and O–H groups in total. The van der Waals surface area contributed by atoms with Crippen LogP contribution in [-0.4, -0.2) is 46.7 Å². The molecule has 2 heterocycles. The maximum atomic E-state index is 12.9. The van der Waals surface area contributed by atoms with Crippen molar-refractivity contribution in [3.8, 4) is 0 Å². The zero-order chi connectivity index (χ0) is 16.4. The maximum absolute atomic E-state index is 12.9. The standard InChI is InChI=1S/C17H21N3O3/c1-12(2)15(17(22)19-7-9-23-10-8-19)20-11-18-14-6-4-3-5-13(14)16(20)21/h3-6,11-12,15H,7-10H2,1-2H3/t15-/m0/s1. The van der Waals surface area contributed by atoms with E-state index in [-0.39, 0.29) is 17.4 Å². The Morgan fingerprint density at radius 1 is 1.22 bits per heavy atom. The van der Waals surface area contributed by atoms with Crippen LogP contribution in [0.5, 0.6) is 0 Å². The van der Waals surface area contributed by atoms with Gasteiger partial charge in [-0.1, -0.05) is 26.0 Å². The van der Waals surface area contributed by atoms with Gasteiger partial charge in [0.2, 0.25) is 5.91 Å². The summed E-state index contributed by atoms with van der Waals surface area (Å²) in [6.07, 6.45) is 1.49. The number of rotatable bonds is 3. The molecule has 0 saturated carbocycles. The number of fused-ring (bicyclic) bond motifs is 1. The number of morpholine rings is 1. The summed E-state index contributed by atoms with van der Waals surface area (Å²) in [7, 11) is 0. The Labute approximate surface area is 134 Å². The highest BCUT2D eigenvalue weighted by atomic mass is 16.5. The molecule has 3 rings (SSSR count). The minimum Gasteiger partial charge on any atom is -0.378 e. The first kappa shape index (κ1) is 15.7. The van der Waals surface area contributed by atoms with Crippen LogP contribution in [0.3, 0.4) is 0 Å². The summed E-state index contributed by atoms with van der Waals surface area (Å²) >= 11 is 0. The molecule has 23 heavy (non-hydrogen) atoms. The molecule has 0 radical (unpaired) electrons. The van der Waals surface area contributed by atoms with E-state index >= 15 is 0 Å². The third kappa shape index (κ3) is 2.99. The normalized spacial score (nSPS) is 16.7. The number of para-hydroxylation sites is 1. The molecule has 1 aliphatic rings. The molecule has 1 atom stereocenters. The van der Waals surface area contributed by atoms with Crippen LogP contribution in [0.15, 0.2) is 35.4 Å². The van der Waals surface area contributed by atoms with Gasteiger partial charge in [0.1, 0.15) is 6.04 Å². The molecule has 1 fully saturated rings. The van der Waals surface area contributed by atoms with Gasteiger partial charge in [0.05, 0.1) is 30.4 Å². The molecular weight excluding hydrogens is 294 g/mol. The van der Waals surface area contributed by atoms with Crippen LogP contribution in [0, 0.1) is 5.92 Å². The first-order chi connectivity index (χ1) is 11.1. The Bertz CT molecular complexity index is 763. The monoisotopic (exact) mass is 315 g/mol. The fraction of sp³-hybridized carbons (Fsp3) is 0.471. The lowest BCUT2D eigenvalue weighted by Crippen LogP contribution is -2.47. The van der Waals surface area contributed by atoms with E-state index in [0.717, 1.165) is 0 Å². The van der Waals surface area contributed by atoms with Crippen molar-refractivity contribution in [1.82, 2.24) is 14.5 Å². The second kappa shape index (κ2) is 6.50. The third-order valence-corrected chi connectivity index (χ3v) is 4.20. The number of carbonyl (C=O) groups is 1. The number of hydrogen-bond donors (Lipinski definition) is 0. The van der Waals surface area contributed by atoms with Crippen molar-refractivity contribution in [2.45, 2.75) is 19.9 Å². The molecule has 122 valence electrons. The molecule has 1 saturated heterocycles. The molecule has 1 aromatic carbocycles. The smallest absolute Gasteiger partial charge is 0.261 e. The Morgan fingerprint density at radius 3 is 2.61 bits per heavy atom. The topological polar surface area (TPSA) is 64.4 Å². The number of hydrogen-bond acceptors (Lipinski definition) is 4. The fourth-order valence-electron chi connectivity index (χ4n) is 2.98. The average Bonchev–Trinajstić information content (AvgIpc) is 2.58. The Kier molecular flexibility index (Phi) is 4.43. The molecule has 0 spiro atoms. The van der Waals surface area contributed by atoms with Crippen molar-refractivity contribution in [3.05, 3.63) is 40.9 Å². The van der Waals surface area contributed by atoms with Crippen LogP contribution in [0.1, 0.15) is 19.9 Å². The molecule has 0 aliphatic carbocycles. The van der Waals surface area contributed by atoms with Crippen LogP contribution in [-0.2, 0) is 9.53 Å². The van der Waals surface area contributed by atoms with Gasteiger partial charge in [-0.15, -0.1) is 0 Å². The maximum Gasteiger partial charge on any atom is 0.261 e. The summed E-state index contributed by atoms with van der Waals surface area (Å²) in [6, 6.07) is 6.66. The summed E-state index contributed by atoms with van der Waals surface area (Å²) in [5.41, 5.74) is 0.478. The van der Waals surface area contributed by atoms with Gasteiger partial charge in [0.15, 0.2) is 0 Å². The molecule has 1 aromatic heterocycles. The molecule has 6 nitrogen and oxygen atoms in total. The number of amides is 1. The molecule has 6 heteroatoms. The predicted molar refractivity (Wildman–Crippen MR) is 87.3 cm³/mol. The quantitative estimate of drug-likeness (QED) is 0.860. The van der Waals surface area contributed by atoms with Gasteiger partial charge in [-0.3, -0.25) is 14.2 Å². The Hall–Kier alpha value is -2.21. The summed E-state index contributed by atoms with van der Waals surface area (Å²) in [4.78, 5) is 31.8. The number of carbonyl (C=O) groups excluding carboxylic acids is 1. The summed E-state index contributed by atoms with van der Waals surface area (Å²) < 4.78 is 6.78. The van der Waals surface area contributed by atoms with Gasteiger partial charge >= 0.3 is 0 Å². The van der Waals surface area contributed by atoms with Gasteiger partial charge < -0.3 is 9.64 Å². The number of aromatic nitrogens is 2. The minimum absolute atomic E-state index is 0.00833. The van der Waals surface area contributed by atoms with Crippen molar-refractivity contribution in [1.29, 1.82) is 0 Å². The van der Waals surface area contributed by atoms with Crippen molar-refractivity contribution in [2.75, 3.05) is 26.3 Å². The predicted octanol–water partition coefficient (Wildman–Crippen LogP) is 1.45. The number of benzene rings is 1. The van der Waals surface area contributed by atoms with Crippen molar-refractivity contribution in [3.63, 3.8) is 0 Å². The van der Waals surface area contributed by atoms with E-state index in [1.165, 1.54) is 10.9 Å². The van der Waals surface area contributed by atoms with Crippen molar-refractivity contribution in [2.24, 2.45) is 5.92 Å². The van der Waals surface area contributed by atoms with Gasteiger partial charge in [0.25, 0.3) is 5.56 Å². The van der Waals surface area contributed by atoms with Gasteiger partial charge in [-0.2, -0.15) is 0 Å². The highest BCUT2D eigenvalue weighted by Gasteiger charge is 2.30. The first-order valence-corrected chi connectivity index (χ1v) is 7.92. The summed E-state index contributed by atoms with van der Waals surface area (Å²) in [5.74, 6) is -0.0477. The Morgan fingerprint density at radius 2 is 1.91 bits per heavy atom. The van der Waals surface area contributed by atoms with E-state index in [1.54, 1.807) is 17.0 Å². The van der Waals surface area contributed by atoms with Crippen LogP contribution in [0.4, 0.5) is 0 Å². The second-order valence-electron chi connectivity index (χ2n) is 6.10. The lowest BCUT2D eigenvalue weighted by Gasteiger charge is -2.32. The van der Waals surface area contributed by atoms with Crippen LogP contribution in [0.2, 0.25) is 0 Å². The average molecular weight is 315 g/mol. The highest BCUT2D eigenvalue weighted by molar-refractivity contribution is 5.82. The van der Waals surface area contributed by atoms with Crippen molar-refractivity contribution < 1.29 is 9.53 Å². The highest BCUT2D eigenvalue weighted by Crippen LogP contribution is 2.20. The van der Waals surface area contributed by atoms with E-state index in [0.29, 0.717) is 37.2 Å². The fourth-order valence-corrected chi connectivity index (χ4v) is 2.98. The number of ether oxygens (including phenoxy) is 1. The largest absolute Gasteiger partial charge is 0.378 e. The molecule has 0 unspecified atom stereocenters. The third-order valence-electron chi connectivity index (χ3n) is 4.20. The van der Waals surface area contributed by atoms with Gasteiger partial charge in [0, 0.05) is 13.1 Å². The van der Waals surface area contributed by atoms with Gasteiger partial charge in [-0.25, -0.2) is 4.98 Å². The molecular formula is C17H21N3O3. The molecule has 0 bridgehead atoms. The van der Waals surface area contributed by atoms with Crippen LogP contribution < -0.4 is 5.56 Å². The van der Waals surface area contributed by atoms with E-state index in [1.807, 2.05) is 26.0 Å².